The van der Waals surface area contributed by atoms with E-state index < -0.39 is 17.6 Å². The maximum Gasteiger partial charge on any atom is 0.356 e. The number of nitrogens with two attached hydrogens (primary N) is 1. The zero-order valence-corrected chi connectivity index (χ0v) is 10.5. The molecule has 0 saturated carbocycles. The highest BCUT2D eigenvalue weighted by molar-refractivity contribution is 5.88. The van der Waals surface area contributed by atoms with Gasteiger partial charge in [0.25, 0.3) is 0 Å². The summed E-state index contributed by atoms with van der Waals surface area (Å²) in [6.07, 6.45) is 0. The van der Waals surface area contributed by atoms with Crippen LogP contribution in [0.2, 0.25) is 0 Å². The highest BCUT2D eigenvalue weighted by Gasteiger charge is 2.11. The van der Waals surface area contributed by atoms with Crippen LogP contribution in [0.1, 0.15) is 10.5 Å². The van der Waals surface area contributed by atoms with E-state index in [0.717, 1.165) is 12.1 Å². The van der Waals surface area contributed by atoms with E-state index in [4.69, 9.17) is 5.73 Å². The van der Waals surface area contributed by atoms with Crippen molar-refractivity contribution in [2.45, 2.75) is 0 Å². The van der Waals surface area contributed by atoms with Gasteiger partial charge in [-0.1, -0.05) is 0 Å². The van der Waals surface area contributed by atoms with Gasteiger partial charge in [-0.2, -0.15) is 0 Å². The molecule has 0 aliphatic rings. The summed E-state index contributed by atoms with van der Waals surface area (Å²) in [4.78, 5) is 15.3. The fourth-order valence-electron chi connectivity index (χ4n) is 1.50. The molecule has 0 amide bonds. The Bertz CT molecular complexity index is 662. The topological polar surface area (TPSA) is 77.2 Å². The summed E-state index contributed by atoms with van der Waals surface area (Å²) >= 11 is 0. The Hall–Kier alpha value is -2.70. The minimum Gasteiger partial charge on any atom is -0.464 e. The second-order valence-electron chi connectivity index (χ2n) is 3.88. The number of hydrogen-bond acceptors (Lipinski definition) is 5. The van der Waals surface area contributed by atoms with Crippen molar-refractivity contribution in [3.63, 3.8) is 0 Å². The van der Waals surface area contributed by atoms with Gasteiger partial charge in [0, 0.05) is 11.8 Å². The van der Waals surface area contributed by atoms with E-state index in [1.54, 1.807) is 0 Å². The van der Waals surface area contributed by atoms with Crippen LogP contribution in [0.15, 0.2) is 30.3 Å². The average Bonchev–Trinajstić information content (AvgIpc) is 2.44. The SMILES string of the molecule is COC(=O)c1ccc(N)c(Nc2ccc(F)c(F)c2)n1. The van der Waals surface area contributed by atoms with E-state index in [1.165, 1.54) is 25.3 Å². The molecule has 7 heteroatoms. The molecule has 0 unspecified atom stereocenters. The van der Waals surface area contributed by atoms with Crippen LogP contribution in [0.3, 0.4) is 0 Å². The van der Waals surface area contributed by atoms with Gasteiger partial charge in [-0.15, -0.1) is 0 Å². The molecule has 0 radical (unpaired) electrons. The van der Waals surface area contributed by atoms with Crippen LogP contribution in [0.4, 0.5) is 26.0 Å². The first-order valence-electron chi connectivity index (χ1n) is 5.58. The molecule has 2 rings (SSSR count). The van der Waals surface area contributed by atoms with Gasteiger partial charge in [-0.05, 0) is 24.3 Å². The molecule has 3 N–H and O–H groups in total. The van der Waals surface area contributed by atoms with Crippen molar-refractivity contribution < 1.29 is 18.3 Å². The molecule has 1 aromatic heterocycles. The number of aromatic nitrogens is 1. The molecule has 0 fully saturated rings. The highest BCUT2D eigenvalue weighted by Crippen LogP contribution is 2.22. The molecule has 1 aromatic carbocycles. The third kappa shape index (κ3) is 2.82. The predicted octanol–water partition coefficient (Wildman–Crippen LogP) is 2.47. The number of rotatable bonds is 3. The van der Waals surface area contributed by atoms with E-state index in [1.807, 2.05) is 0 Å². The monoisotopic (exact) mass is 279 g/mol. The quantitative estimate of drug-likeness (QED) is 0.844. The number of hydrogen-bond donors (Lipinski definition) is 2. The summed E-state index contributed by atoms with van der Waals surface area (Å²) in [7, 11) is 1.23. The fraction of sp³-hybridized carbons (Fsp3) is 0.0769. The van der Waals surface area contributed by atoms with Gasteiger partial charge in [0.2, 0.25) is 0 Å². The summed E-state index contributed by atoms with van der Waals surface area (Å²) in [5, 5.41) is 2.71. The summed E-state index contributed by atoms with van der Waals surface area (Å²) in [5.74, 6) is -2.44. The van der Waals surface area contributed by atoms with Gasteiger partial charge in [-0.25, -0.2) is 18.6 Å². The van der Waals surface area contributed by atoms with Crippen molar-refractivity contribution in [3.8, 4) is 0 Å². The first-order chi connectivity index (χ1) is 9.51. The van der Waals surface area contributed by atoms with Crippen molar-refractivity contribution in [3.05, 3.63) is 47.7 Å². The molecule has 0 spiro atoms. The molecule has 2 aromatic rings. The molecule has 0 aliphatic heterocycles. The number of nitrogen functional groups attached to an aromatic ring is 1. The Morgan fingerprint density at radius 2 is 2.00 bits per heavy atom. The van der Waals surface area contributed by atoms with Crippen LogP contribution in [-0.2, 0) is 4.74 Å². The van der Waals surface area contributed by atoms with Gasteiger partial charge >= 0.3 is 5.97 Å². The first kappa shape index (κ1) is 13.7. The van der Waals surface area contributed by atoms with Crippen LogP contribution in [0, 0.1) is 11.6 Å². The van der Waals surface area contributed by atoms with E-state index in [9.17, 15) is 13.6 Å². The van der Waals surface area contributed by atoms with Crippen molar-refractivity contribution in [1.82, 2.24) is 4.98 Å². The zero-order valence-electron chi connectivity index (χ0n) is 10.5. The van der Waals surface area contributed by atoms with Crippen molar-refractivity contribution in [1.29, 1.82) is 0 Å². The van der Waals surface area contributed by atoms with Crippen molar-refractivity contribution >= 4 is 23.2 Å². The normalized spacial score (nSPS) is 10.2. The maximum absolute atomic E-state index is 13.1. The number of anilines is 3. The number of halogens is 2. The maximum atomic E-state index is 13.1. The van der Waals surface area contributed by atoms with Crippen LogP contribution >= 0.6 is 0 Å². The van der Waals surface area contributed by atoms with E-state index in [-0.39, 0.29) is 22.9 Å². The lowest BCUT2D eigenvalue weighted by Crippen LogP contribution is -2.08. The number of nitrogens with one attached hydrogen (secondary N) is 1. The Kier molecular flexibility index (Phi) is 3.79. The molecule has 104 valence electrons. The minimum atomic E-state index is -1.00. The van der Waals surface area contributed by atoms with Crippen molar-refractivity contribution in [2.24, 2.45) is 0 Å². The van der Waals surface area contributed by atoms with Gasteiger partial charge < -0.3 is 15.8 Å². The standard InChI is InChI=1S/C13H11F2N3O2/c1-20-13(19)11-5-4-10(16)12(18-11)17-7-2-3-8(14)9(15)6-7/h2-6H,16H2,1H3,(H,17,18). The molecule has 0 bridgehead atoms. The number of nitrogens with zero attached hydrogens (tertiary/aromatic N) is 1. The predicted molar refractivity (Wildman–Crippen MR) is 69.6 cm³/mol. The number of carbonyl (C=O) groups excluding carboxylic acids is 1. The second-order valence-corrected chi connectivity index (χ2v) is 3.88. The highest BCUT2D eigenvalue weighted by atomic mass is 19.2. The van der Waals surface area contributed by atoms with Crippen LogP contribution in [0.25, 0.3) is 0 Å². The molecule has 0 saturated heterocycles. The lowest BCUT2D eigenvalue weighted by molar-refractivity contribution is 0.0594. The zero-order chi connectivity index (χ0) is 14.7. The fourth-order valence-corrected chi connectivity index (χ4v) is 1.50. The number of carbonyl (C=O) groups is 1. The Morgan fingerprint density at radius 3 is 2.65 bits per heavy atom. The smallest absolute Gasteiger partial charge is 0.356 e. The number of benzene rings is 1. The molecular weight excluding hydrogens is 268 g/mol. The molecule has 0 atom stereocenters. The number of ether oxygens (including phenoxy) is 1. The van der Waals surface area contributed by atoms with Crippen LogP contribution < -0.4 is 11.1 Å². The summed E-state index contributed by atoms with van der Waals surface area (Å²) in [6.45, 7) is 0. The van der Waals surface area contributed by atoms with Crippen molar-refractivity contribution in [2.75, 3.05) is 18.2 Å². The minimum absolute atomic E-state index is 0.0479. The van der Waals surface area contributed by atoms with Gasteiger partial charge in [-0.3, -0.25) is 0 Å². The summed E-state index contributed by atoms with van der Waals surface area (Å²) in [6, 6.07) is 6.11. The average molecular weight is 279 g/mol. The molecule has 1 heterocycles. The Labute approximate surface area is 113 Å². The summed E-state index contributed by atoms with van der Waals surface area (Å²) in [5.41, 5.74) is 6.26. The molecular formula is C13H11F2N3O2. The number of methoxy groups -OCH3 is 1. The Morgan fingerprint density at radius 1 is 1.25 bits per heavy atom. The van der Waals surface area contributed by atoms with E-state index >= 15 is 0 Å². The Balaban J connectivity index is 2.32. The third-order valence-corrected chi connectivity index (χ3v) is 2.50. The first-order valence-corrected chi connectivity index (χ1v) is 5.58. The lowest BCUT2D eigenvalue weighted by Gasteiger charge is -2.09. The second kappa shape index (κ2) is 5.52. The summed E-state index contributed by atoms with van der Waals surface area (Å²) < 4.78 is 30.5. The van der Waals surface area contributed by atoms with Crippen LogP contribution in [-0.4, -0.2) is 18.1 Å². The number of pyridine rings is 1. The van der Waals surface area contributed by atoms with E-state index in [0.29, 0.717) is 0 Å². The van der Waals surface area contributed by atoms with Gasteiger partial charge in [0.05, 0.1) is 12.8 Å². The van der Waals surface area contributed by atoms with E-state index in [2.05, 4.69) is 15.0 Å². The molecule has 5 nitrogen and oxygen atoms in total. The number of esters is 1. The third-order valence-electron chi connectivity index (χ3n) is 2.50. The largest absolute Gasteiger partial charge is 0.464 e. The van der Waals surface area contributed by atoms with Crippen LogP contribution in [0.5, 0.6) is 0 Å². The van der Waals surface area contributed by atoms with Gasteiger partial charge in [0.15, 0.2) is 23.1 Å². The lowest BCUT2D eigenvalue weighted by atomic mass is 10.2. The molecule has 0 aliphatic carbocycles. The van der Waals surface area contributed by atoms with Gasteiger partial charge in [0.1, 0.15) is 0 Å². The molecule has 20 heavy (non-hydrogen) atoms.